The summed E-state index contributed by atoms with van der Waals surface area (Å²) in [5, 5.41) is 0. The second-order valence-electron chi connectivity index (χ2n) is 3.50. The molecule has 5 heteroatoms. The highest BCUT2D eigenvalue weighted by molar-refractivity contribution is 6.14. The van der Waals surface area contributed by atoms with Crippen molar-refractivity contribution in [2.45, 2.75) is 13.8 Å². The number of nitrogens with two attached hydrogens (primary N) is 1. The first-order valence-corrected chi connectivity index (χ1v) is 5.81. The van der Waals surface area contributed by atoms with E-state index in [4.69, 9.17) is 10.5 Å². The first kappa shape index (κ1) is 14.9. The third kappa shape index (κ3) is 2.81. The van der Waals surface area contributed by atoms with Crippen LogP contribution in [-0.2, 0) is 0 Å². The van der Waals surface area contributed by atoms with Crippen LogP contribution in [-0.4, -0.2) is 12.9 Å². The van der Waals surface area contributed by atoms with Gasteiger partial charge in [0.05, 0.1) is 7.11 Å². The third-order valence-corrected chi connectivity index (χ3v) is 2.47. The van der Waals surface area contributed by atoms with E-state index >= 15 is 0 Å². The highest BCUT2D eigenvalue weighted by Gasteiger charge is 2.21. The summed E-state index contributed by atoms with van der Waals surface area (Å²) in [7, 11) is 1.31. The number of hydrogen-bond acceptors (Lipinski definition) is 3. The molecule has 0 aromatic heterocycles. The molecule has 0 saturated carbocycles. The fraction of sp³-hybridized carbons (Fsp3) is 0.214. The molecule has 0 aliphatic carbocycles. The summed E-state index contributed by atoms with van der Waals surface area (Å²) in [4.78, 5) is 3.84. The molecule has 0 unspecified atom stereocenters. The number of methoxy groups -OCH3 is 1. The molecule has 0 amide bonds. The molecule has 0 atom stereocenters. The number of halogens is 2. The third-order valence-electron chi connectivity index (χ3n) is 2.47. The summed E-state index contributed by atoms with van der Waals surface area (Å²) in [6, 6.07) is 1.91. The summed E-state index contributed by atoms with van der Waals surface area (Å²) in [5.41, 5.74) is 6.67. The monoisotopic (exact) mass is 266 g/mol. The largest absolute Gasteiger partial charge is 0.493 e. The van der Waals surface area contributed by atoms with Crippen LogP contribution in [0, 0.1) is 11.6 Å². The van der Waals surface area contributed by atoms with E-state index in [9.17, 15) is 8.78 Å². The van der Waals surface area contributed by atoms with Gasteiger partial charge in [0, 0.05) is 29.0 Å². The molecule has 0 radical (unpaired) electrons. The van der Waals surface area contributed by atoms with Crippen molar-refractivity contribution in [2.24, 2.45) is 10.7 Å². The summed E-state index contributed by atoms with van der Waals surface area (Å²) >= 11 is 0. The number of hydrogen-bond donors (Lipinski definition) is 1. The van der Waals surface area contributed by atoms with E-state index in [0.717, 1.165) is 12.1 Å². The molecule has 2 N–H and O–H groups in total. The molecular formula is C14H16F2N2O. The Balaban J connectivity index is 0.000000861. The van der Waals surface area contributed by atoms with E-state index < -0.39 is 11.6 Å². The van der Waals surface area contributed by atoms with Gasteiger partial charge in [-0.05, 0) is 6.07 Å². The summed E-state index contributed by atoms with van der Waals surface area (Å²) < 4.78 is 31.6. The average molecular weight is 266 g/mol. The van der Waals surface area contributed by atoms with Crippen LogP contribution in [0.4, 0.5) is 8.78 Å². The first-order valence-electron chi connectivity index (χ1n) is 5.81. The summed E-state index contributed by atoms with van der Waals surface area (Å²) in [6.45, 7) is 7.70. The second kappa shape index (κ2) is 6.13. The molecule has 0 fully saturated rings. The minimum atomic E-state index is -0.776. The molecule has 1 aliphatic heterocycles. The van der Waals surface area contributed by atoms with Crippen LogP contribution >= 0.6 is 0 Å². The molecule has 1 aromatic carbocycles. The van der Waals surface area contributed by atoms with Crippen LogP contribution in [0.1, 0.15) is 19.4 Å². The average Bonchev–Trinajstić information content (AvgIpc) is 2.71. The Kier molecular flexibility index (Phi) is 4.80. The van der Waals surface area contributed by atoms with Crippen LogP contribution in [0.5, 0.6) is 5.75 Å². The van der Waals surface area contributed by atoms with Crippen molar-refractivity contribution in [1.82, 2.24) is 0 Å². The Morgan fingerprint density at radius 3 is 2.37 bits per heavy atom. The van der Waals surface area contributed by atoms with Gasteiger partial charge in [-0.1, -0.05) is 20.4 Å². The molecule has 3 nitrogen and oxygen atoms in total. The van der Waals surface area contributed by atoms with Gasteiger partial charge in [-0.15, -0.1) is 0 Å². The summed E-state index contributed by atoms with van der Waals surface area (Å²) in [5.74, 6) is -1.30. The van der Waals surface area contributed by atoms with Gasteiger partial charge in [0.25, 0.3) is 0 Å². The zero-order valence-corrected chi connectivity index (χ0v) is 11.1. The molecule has 2 rings (SSSR count). The maximum atomic E-state index is 13.5. The molecule has 0 spiro atoms. The number of rotatable bonds is 2. The van der Waals surface area contributed by atoms with Crippen molar-refractivity contribution in [3.63, 3.8) is 0 Å². The zero-order valence-electron chi connectivity index (χ0n) is 11.1. The van der Waals surface area contributed by atoms with E-state index in [0.29, 0.717) is 11.1 Å². The number of amidine groups is 1. The SMILES string of the molecule is C=C1C(c2cc(F)cc(F)c2OC)=CN=C1N.CC. The number of benzene rings is 1. The van der Waals surface area contributed by atoms with Crippen molar-refractivity contribution in [1.29, 1.82) is 0 Å². The van der Waals surface area contributed by atoms with Gasteiger partial charge in [0.1, 0.15) is 11.7 Å². The van der Waals surface area contributed by atoms with Crippen molar-refractivity contribution in [2.75, 3.05) is 7.11 Å². The molecule has 0 bridgehead atoms. The Morgan fingerprint density at radius 2 is 1.89 bits per heavy atom. The highest BCUT2D eigenvalue weighted by Crippen LogP contribution is 2.35. The van der Waals surface area contributed by atoms with Gasteiger partial charge in [0.2, 0.25) is 0 Å². The highest BCUT2D eigenvalue weighted by atomic mass is 19.1. The molecule has 102 valence electrons. The van der Waals surface area contributed by atoms with Gasteiger partial charge >= 0.3 is 0 Å². The van der Waals surface area contributed by atoms with Gasteiger partial charge in [0.15, 0.2) is 11.6 Å². The fourth-order valence-electron chi connectivity index (χ4n) is 1.63. The minimum Gasteiger partial charge on any atom is -0.493 e. The number of nitrogens with zero attached hydrogens (tertiary/aromatic N) is 1. The second-order valence-corrected chi connectivity index (χ2v) is 3.50. The Bertz CT molecular complexity index is 563. The molecule has 1 aromatic rings. The lowest BCUT2D eigenvalue weighted by atomic mass is 9.99. The van der Waals surface area contributed by atoms with Crippen molar-refractivity contribution < 1.29 is 13.5 Å². The van der Waals surface area contributed by atoms with Crippen LogP contribution in [0.2, 0.25) is 0 Å². The first-order chi connectivity index (χ1) is 9.04. The zero-order chi connectivity index (χ0) is 14.6. The maximum absolute atomic E-state index is 13.5. The van der Waals surface area contributed by atoms with Crippen LogP contribution in [0.15, 0.2) is 35.5 Å². The Morgan fingerprint density at radius 1 is 1.26 bits per heavy atom. The lowest BCUT2D eigenvalue weighted by Crippen LogP contribution is -2.11. The molecule has 19 heavy (non-hydrogen) atoms. The topological polar surface area (TPSA) is 47.6 Å². The van der Waals surface area contributed by atoms with E-state index in [1.165, 1.54) is 13.3 Å². The van der Waals surface area contributed by atoms with Crippen molar-refractivity contribution in [3.05, 3.63) is 47.7 Å². The normalized spacial score (nSPS) is 13.4. The van der Waals surface area contributed by atoms with Gasteiger partial charge in [-0.2, -0.15) is 0 Å². The minimum absolute atomic E-state index is 0.0521. The lowest BCUT2D eigenvalue weighted by Gasteiger charge is -2.11. The molecule has 1 heterocycles. The molecule has 0 saturated heterocycles. The number of ether oxygens (including phenoxy) is 1. The van der Waals surface area contributed by atoms with E-state index in [1.54, 1.807) is 0 Å². The predicted molar refractivity (Wildman–Crippen MR) is 73.0 cm³/mol. The Labute approximate surface area is 111 Å². The molecule has 1 aliphatic rings. The standard InChI is InChI=1S/C12H10F2N2O.C2H6/c1-6-9(5-16-12(6)15)8-3-7(13)4-10(14)11(8)17-2;1-2/h3-5H,1H2,2H3,(H2,15,16);1-2H3. The van der Waals surface area contributed by atoms with Crippen molar-refractivity contribution >= 4 is 11.4 Å². The smallest absolute Gasteiger partial charge is 0.168 e. The molecular weight excluding hydrogens is 250 g/mol. The van der Waals surface area contributed by atoms with E-state index in [-0.39, 0.29) is 17.1 Å². The maximum Gasteiger partial charge on any atom is 0.168 e. The van der Waals surface area contributed by atoms with Crippen LogP contribution in [0.3, 0.4) is 0 Å². The van der Waals surface area contributed by atoms with E-state index in [2.05, 4.69) is 11.6 Å². The Hall–Kier alpha value is -2.17. The van der Waals surface area contributed by atoms with Gasteiger partial charge in [-0.25, -0.2) is 13.8 Å². The predicted octanol–water partition coefficient (Wildman–Crippen LogP) is 3.27. The van der Waals surface area contributed by atoms with E-state index in [1.807, 2.05) is 13.8 Å². The van der Waals surface area contributed by atoms with Crippen molar-refractivity contribution in [3.8, 4) is 5.75 Å². The van der Waals surface area contributed by atoms with Crippen LogP contribution < -0.4 is 10.5 Å². The van der Waals surface area contributed by atoms with Gasteiger partial charge < -0.3 is 10.5 Å². The lowest BCUT2D eigenvalue weighted by molar-refractivity contribution is 0.383. The fourth-order valence-corrected chi connectivity index (χ4v) is 1.63. The van der Waals surface area contributed by atoms with Gasteiger partial charge in [-0.3, -0.25) is 0 Å². The summed E-state index contributed by atoms with van der Waals surface area (Å²) in [6.07, 6.45) is 1.41. The van der Waals surface area contributed by atoms with Crippen LogP contribution in [0.25, 0.3) is 5.57 Å². The number of aliphatic imine (C=N–C) groups is 1. The quantitative estimate of drug-likeness (QED) is 0.893.